The molecule has 0 bridgehead atoms. The molecule has 1 atom stereocenters. The zero-order valence-electron chi connectivity index (χ0n) is 20.0. The largest absolute Gasteiger partial charge is 0.405 e. The van der Waals surface area contributed by atoms with Crippen molar-refractivity contribution in [1.82, 2.24) is 24.6 Å². The standard InChI is InChI=1S/C24H25F3N8O2/c1-29-22(20-12-31-21-9-17(33-37)15(10-28)13-35(20)21)16-11-30-19(8-18(16)32-14-24(25,26)27)23(36)34-6-4-2-3-5-7-34/h8-9,11-13,22,29H,2-7,14H2,1H3,(H,30,32). The summed E-state index contributed by atoms with van der Waals surface area (Å²) in [7, 11) is 1.61. The molecule has 10 nitrogen and oxygen atoms in total. The molecule has 2 N–H and O–H groups in total. The van der Waals surface area contributed by atoms with E-state index < -0.39 is 18.8 Å². The maximum absolute atomic E-state index is 13.1. The molecule has 37 heavy (non-hydrogen) atoms. The van der Waals surface area contributed by atoms with Gasteiger partial charge in [-0.25, -0.2) is 4.98 Å². The summed E-state index contributed by atoms with van der Waals surface area (Å²) in [6.45, 7) is -0.154. The number of hydrogen-bond donors (Lipinski definition) is 2. The lowest BCUT2D eigenvalue weighted by atomic mass is 10.0. The van der Waals surface area contributed by atoms with Crippen LogP contribution in [0.4, 0.5) is 24.5 Å². The third kappa shape index (κ3) is 5.69. The van der Waals surface area contributed by atoms with Crippen LogP contribution in [0.3, 0.4) is 0 Å². The SMILES string of the molecule is CNC(c1cnc(C(=O)N2CCCCCC2)cc1NCC(F)(F)F)c1cnc2cc(N=O)c(C#N)cn12. The highest BCUT2D eigenvalue weighted by Gasteiger charge is 2.29. The normalized spacial score (nSPS) is 15.2. The minimum Gasteiger partial charge on any atom is -0.376 e. The second-order valence-electron chi connectivity index (χ2n) is 8.74. The summed E-state index contributed by atoms with van der Waals surface area (Å²) in [4.78, 5) is 34.5. The van der Waals surface area contributed by atoms with Crippen LogP contribution in [0.2, 0.25) is 0 Å². The quantitative estimate of drug-likeness (QED) is 0.450. The second-order valence-corrected chi connectivity index (χ2v) is 8.74. The summed E-state index contributed by atoms with van der Waals surface area (Å²) < 4.78 is 41.0. The smallest absolute Gasteiger partial charge is 0.376 e. The number of carbonyl (C=O) groups excluding carboxylic acids is 1. The summed E-state index contributed by atoms with van der Waals surface area (Å²) in [6, 6.07) is 3.88. The number of nitrogens with zero attached hydrogens (tertiary/aromatic N) is 6. The third-order valence-corrected chi connectivity index (χ3v) is 6.29. The van der Waals surface area contributed by atoms with E-state index in [9.17, 15) is 28.1 Å². The van der Waals surface area contributed by atoms with Crippen LogP contribution < -0.4 is 10.6 Å². The van der Waals surface area contributed by atoms with Crippen molar-refractivity contribution in [3.8, 4) is 6.07 Å². The monoisotopic (exact) mass is 514 g/mol. The Labute approximate surface area is 210 Å². The Bertz CT molecular complexity index is 1340. The lowest BCUT2D eigenvalue weighted by Crippen LogP contribution is -2.33. The fourth-order valence-electron chi connectivity index (χ4n) is 4.47. The number of carbonyl (C=O) groups is 1. The molecule has 13 heteroatoms. The molecule has 4 heterocycles. The molecule has 1 fully saturated rings. The van der Waals surface area contributed by atoms with Gasteiger partial charge in [0.25, 0.3) is 5.91 Å². The summed E-state index contributed by atoms with van der Waals surface area (Å²) in [5.74, 6) is -0.327. The Hall–Kier alpha value is -4.05. The van der Waals surface area contributed by atoms with Crippen LogP contribution in [0, 0.1) is 16.2 Å². The molecule has 1 amide bonds. The first kappa shape index (κ1) is 26.0. The Morgan fingerprint density at radius 3 is 2.54 bits per heavy atom. The van der Waals surface area contributed by atoms with Crippen molar-refractivity contribution in [3.63, 3.8) is 0 Å². The Morgan fingerprint density at radius 2 is 1.92 bits per heavy atom. The van der Waals surface area contributed by atoms with Gasteiger partial charge in [-0.3, -0.25) is 9.78 Å². The molecule has 1 saturated heterocycles. The van der Waals surface area contributed by atoms with Gasteiger partial charge in [0.15, 0.2) is 0 Å². The Morgan fingerprint density at radius 1 is 1.19 bits per heavy atom. The Balaban J connectivity index is 1.77. The molecular weight excluding hydrogens is 489 g/mol. The van der Waals surface area contributed by atoms with Crippen LogP contribution in [-0.2, 0) is 0 Å². The van der Waals surface area contributed by atoms with Crippen molar-refractivity contribution >= 4 is 22.9 Å². The van der Waals surface area contributed by atoms with Gasteiger partial charge >= 0.3 is 6.18 Å². The first-order valence-corrected chi connectivity index (χ1v) is 11.8. The predicted molar refractivity (Wildman–Crippen MR) is 129 cm³/mol. The first-order valence-electron chi connectivity index (χ1n) is 11.8. The number of hydrogen-bond acceptors (Lipinski definition) is 8. The van der Waals surface area contributed by atoms with Gasteiger partial charge in [0.2, 0.25) is 0 Å². The average Bonchev–Trinajstić information content (AvgIpc) is 3.09. The van der Waals surface area contributed by atoms with Gasteiger partial charge < -0.3 is 19.9 Å². The number of pyridine rings is 2. The number of amides is 1. The molecule has 3 aromatic heterocycles. The number of fused-ring (bicyclic) bond motifs is 1. The van der Waals surface area contributed by atoms with Crippen molar-refractivity contribution in [2.45, 2.75) is 37.9 Å². The molecule has 0 spiro atoms. The minimum absolute atomic E-state index is 0.0172. The van der Waals surface area contributed by atoms with E-state index in [4.69, 9.17) is 0 Å². The summed E-state index contributed by atoms with van der Waals surface area (Å²) in [5.41, 5.74) is 1.24. The van der Waals surface area contributed by atoms with Crippen LogP contribution in [0.25, 0.3) is 5.65 Å². The minimum atomic E-state index is -4.49. The van der Waals surface area contributed by atoms with E-state index in [1.54, 1.807) is 16.3 Å². The number of halogens is 3. The van der Waals surface area contributed by atoms with Gasteiger partial charge in [0.05, 0.1) is 23.5 Å². The Kier molecular flexibility index (Phi) is 7.68. The topological polar surface area (TPSA) is 128 Å². The molecule has 3 aromatic rings. The van der Waals surface area contributed by atoms with Gasteiger partial charge in [-0.05, 0) is 31.1 Å². The molecule has 1 aliphatic heterocycles. The maximum atomic E-state index is 13.1. The number of anilines is 1. The fraction of sp³-hybridized carbons (Fsp3) is 0.417. The summed E-state index contributed by atoms with van der Waals surface area (Å²) >= 11 is 0. The number of rotatable bonds is 7. The number of alkyl halides is 3. The molecule has 1 aliphatic rings. The highest BCUT2D eigenvalue weighted by atomic mass is 19.4. The number of aromatic nitrogens is 3. The predicted octanol–water partition coefficient (Wildman–Crippen LogP) is 4.30. The van der Waals surface area contributed by atoms with Crippen LogP contribution in [0.15, 0.2) is 35.9 Å². The van der Waals surface area contributed by atoms with Gasteiger partial charge in [0, 0.05) is 42.8 Å². The number of imidazole rings is 1. The van der Waals surface area contributed by atoms with Crippen LogP contribution in [0.1, 0.15) is 59.0 Å². The maximum Gasteiger partial charge on any atom is 0.405 e. The van der Waals surface area contributed by atoms with E-state index in [1.165, 1.54) is 30.7 Å². The fourth-order valence-corrected chi connectivity index (χ4v) is 4.47. The number of nitrogens with one attached hydrogen (secondary N) is 2. The van der Waals surface area contributed by atoms with E-state index in [0.717, 1.165) is 25.7 Å². The zero-order chi connectivity index (χ0) is 26.6. The van der Waals surface area contributed by atoms with E-state index >= 15 is 0 Å². The van der Waals surface area contributed by atoms with E-state index in [2.05, 4.69) is 25.8 Å². The van der Waals surface area contributed by atoms with Crippen molar-refractivity contribution in [2.75, 3.05) is 32.0 Å². The molecule has 1 unspecified atom stereocenters. The molecule has 4 rings (SSSR count). The third-order valence-electron chi connectivity index (χ3n) is 6.29. The van der Waals surface area contributed by atoms with Crippen LogP contribution in [0.5, 0.6) is 0 Å². The average molecular weight is 515 g/mol. The lowest BCUT2D eigenvalue weighted by Gasteiger charge is -2.23. The summed E-state index contributed by atoms with van der Waals surface area (Å²) in [6.07, 6.45) is 3.54. The molecular formula is C24H25F3N8O2. The van der Waals surface area contributed by atoms with Crippen molar-refractivity contribution in [3.05, 3.63) is 58.1 Å². The summed E-state index contributed by atoms with van der Waals surface area (Å²) in [5, 5.41) is 17.7. The number of nitriles is 1. The van der Waals surface area contributed by atoms with Crippen LogP contribution in [-0.4, -0.2) is 58.0 Å². The molecule has 194 valence electrons. The molecule has 0 aliphatic carbocycles. The second kappa shape index (κ2) is 10.9. The zero-order valence-corrected chi connectivity index (χ0v) is 20.0. The van der Waals surface area contributed by atoms with Gasteiger partial charge in [-0.15, -0.1) is 4.91 Å². The molecule has 0 saturated carbocycles. The number of likely N-dealkylation sites (tertiary alicyclic amines) is 1. The van der Waals surface area contributed by atoms with Gasteiger partial charge in [-0.1, -0.05) is 12.8 Å². The van der Waals surface area contributed by atoms with E-state index in [1.807, 2.05) is 6.07 Å². The van der Waals surface area contributed by atoms with Gasteiger partial charge in [-0.2, -0.15) is 18.4 Å². The van der Waals surface area contributed by atoms with Crippen LogP contribution >= 0.6 is 0 Å². The lowest BCUT2D eigenvalue weighted by molar-refractivity contribution is -0.115. The van der Waals surface area contributed by atoms with E-state index in [0.29, 0.717) is 30.0 Å². The van der Waals surface area contributed by atoms with Crippen molar-refractivity contribution in [2.24, 2.45) is 5.18 Å². The highest BCUT2D eigenvalue weighted by molar-refractivity contribution is 5.93. The van der Waals surface area contributed by atoms with Crippen molar-refractivity contribution in [1.29, 1.82) is 5.26 Å². The molecule has 0 aromatic carbocycles. The highest BCUT2D eigenvalue weighted by Crippen LogP contribution is 2.32. The van der Waals surface area contributed by atoms with E-state index in [-0.39, 0.29) is 28.5 Å². The van der Waals surface area contributed by atoms with Crippen molar-refractivity contribution < 1.29 is 18.0 Å². The molecule has 0 radical (unpaired) electrons. The number of nitroso groups, excluding NO2 is 1. The first-order chi connectivity index (χ1) is 17.8. The van der Waals surface area contributed by atoms with Gasteiger partial charge in [0.1, 0.15) is 29.6 Å².